The number of nitrogens with zero attached hydrogens (tertiary/aromatic N) is 1. The minimum atomic E-state index is 0.597. The highest BCUT2D eigenvalue weighted by atomic mass is 16.5. The first-order valence-corrected chi connectivity index (χ1v) is 4.57. The van der Waals surface area contributed by atoms with E-state index in [9.17, 15) is 5.21 Å². The zero-order valence-corrected chi connectivity index (χ0v) is 7.70. The molecule has 13 heavy (non-hydrogen) atoms. The van der Waals surface area contributed by atoms with Gasteiger partial charge in [0, 0.05) is 5.56 Å². The van der Waals surface area contributed by atoms with Gasteiger partial charge in [-0.15, -0.1) is 0 Å². The largest absolute Gasteiger partial charge is 0.288 e. The molecule has 0 radical (unpaired) electrons. The summed E-state index contributed by atoms with van der Waals surface area (Å²) in [7, 11) is 0. The summed E-state index contributed by atoms with van der Waals surface area (Å²) in [5, 5.41) is 10.8. The first-order chi connectivity index (χ1) is 6.33. The van der Waals surface area contributed by atoms with E-state index < -0.39 is 0 Å². The first-order valence-electron chi connectivity index (χ1n) is 4.57. The second-order valence-corrected chi connectivity index (χ2v) is 3.18. The molecule has 1 aromatic carbocycles. The molecule has 0 atom stereocenters. The third kappa shape index (κ3) is 1.33. The van der Waals surface area contributed by atoms with Gasteiger partial charge in [0.05, 0.1) is 12.2 Å². The molecule has 2 nitrogen and oxygen atoms in total. The normalized spacial score (nSPS) is 15.2. The second-order valence-electron chi connectivity index (χ2n) is 3.18. The van der Waals surface area contributed by atoms with Gasteiger partial charge in [-0.2, -0.15) is 0 Å². The Morgan fingerprint density at radius 1 is 1.38 bits per heavy atom. The van der Waals surface area contributed by atoms with Crippen LogP contribution in [0.15, 0.2) is 30.3 Å². The highest BCUT2D eigenvalue weighted by Crippen LogP contribution is 2.31. The quantitative estimate of drug-likeness (QED) is 0.709. The van der Waals surface area contributed by atoms with Gasteiger partial charge in [0.1, 0.15) is 0 Å². The fourth-order valence-electron chi connectivity index (χ4n) is 1.71. The Labute approximate surface area is 78.1 Å². The molecule has 1 heterocycles. The zero-order valence-electron chi connectivity index (χ0n) is 7.70. The van der Waals surface area contributed by atoms with Crippen LogP contribution in [0.2, 0.25) is 0 Å². The molecule has 1 aromatic rings. The number of hydroxylamine groups is 1. The Hall–Kier alpha value is -1.28. The summed E-state index contributed by atoms with van der Waals surface area (Å²) in [5.41, 5.74) is 3.39. The number of hydrogen-bond donors (Lipinski definition) is 1. The van der Waals surface area contributed by atoms with Crippen molar-refractivity contribution in [3.8, 4) is 0 Å². The maximum Gasteiger partial charge on any atom is 0.0712 e. The first kappa shape index (κ1) is 8.32. The summed E-state index contributed by atoms with van der Waals surface area (Å²) in [4.78, 5) is 0. The summed E-state index contributed by atoms with van der Waals surface area (Å²) in [6.45, 7) is 2.73. The third-order valence-corrected chi connectivity index (χ3v) is 2.42. The third-order valence-electron chi connectivity index (χ3n) is 2.42. The average molecular weight is 175 g/mol. The number of fused-ring (bicyclic) bond motifs is 1. The summed E-state index contributed by atoms with van der Waals surface area (Å²) < 4.78 is 0. The molecule has 0 spiro atoms. The SMILES string of the molecule is CCC1=CCN(O)c2ccccc21. The minimum absolute atomic E-state index is 0.597. The van der Waals surface area contributed by atoms with Gasteiger partial charge in [0.2, 0.25) is 0 Å². The molecule has 1 aliphatic rings. The average Bonchev–Trinajstić information content (AvgIpc) is 2.19. The van der Waals surface area contributed by atoms with E-state index >= 15 is 0 Å². The van der Waals surface area contributed by atoms with E-state index in [1.807, 2.05) is 24.3 Å². The van der Waals surface area contributed by atoms with Crippen molar-refractivity contribution < 1.29 is 5.21 Å². The maximum atomic E-state index is 9.56. The van der Waals surface area contributed by atoms with Crippen molar-refractivity contribution in [1.82, 2.24) is 0 Å². The Balaban J connectivity index is 2.52. The highest BCUT2D eigenvalue weighted by Gasteiger charge is 2.14. The van der Waals surface area contributed by atoms with Crippen LogP contribution in [0.1, 0.15) is 18.9 Å². The fraction of sp³-hybridized carbons (Fsp3) is 0.273. The number of anilines is 1. The number of benzene rings is 1. The molecule has 68 valence electrons. The molecule has 0 fully saturated rings. The lowest BCUT2D eigenvalue weighted by Crippen LogP contribution is -2.22. The van der Waals surface area contributed by atoms with Crippen molar-refractivity contribution in [2.75, 3.05) is 11.6 Å². The summed E-state index contributed by atoms with van der Waals surface area (Å²) in [5.74, 6) is 0. The molecule has 2 heteroatoms. The molecule has 0 aromatic heterocycles. The Morgan fingerprint density at radius 3 is 2.92 bits per heavy atom. The van der Waals surface area contributed by atoms with Crippen molar-refractivity contribution in [3.63, 3.8) is 0 Å². The van der Waals surface area contributed by atoms with E-state index in [4.69, 9.17) is 0 Å². The van der Waals surface area contributed by atoms with Crippen LogP contribution in [-0.2, 0) is 0 Å². The van der Waals surface area contributed by atoms with Crippen molar-refractivity contribution in [2.24, 2.45) is 0 Å². The molecule has 1 N–H and O–H groups in total. The van der Waals surface area contributed by atoms with E-state index in [1.54, 1.807) is 0 Å². The van der Waals surface area contributed by atoms with Gasteiger partial charge < -0.3 is 0 Å². The van der Waals surface area contributed by atoms with Crippen LogP contribution >= 0.6 is 0 Å². The topological polar surface area (TPSA) is 23.5 Å². The second kappa shape index (κ2) is 3.23. The van der Waals surface area contributed by atoms with Crippen molar-refractivity contribution in [2.45, 2.75) is 13.3 Å². The molecule has 2 rings (SSSR count). The monoisotopic (exact) mass is 175 g/mol. The highest BCUT2D eigenvalue weighted by molar-refractivity contribution is 5.79. The lowest BCUT2D eigenvalue weighted by Gasteiger charge is -2.24. The molecule has 1 aliphatic heterocycles. The van der Waals surface area contributed by atoms with E-state index in [2.05, 4.69) is 13.0 Å². The van der Waals surface area contributed by atoms with Crippen molar-refractivity contribution in [1.29, 1.82) is 0 Å². The van der Waals surface area contributed by atoms with Crippen LogP contribution in [0.3, 0.4) is 0 Å². The van der Waals surface area contributed by atoms with Gasteiger partial charge in [-0.3, -0.25) is 10.3 Å². The predicted molar refractivity (Wildman–Crippen MR) is 53.8 cm³/mol. The Morgan fingerprint density at radius 2 is 2.15 bits per heavy atom. The molecule has 0 saturated carbocycles. The standard InChI is InChI=1S/C11H13NO/c1-2-9-7-8-12(13)11-6-4-3-5-10(9)11/h3-7,13H,2,8H2,1H3. The van der Waals surface area contributed by atoms with Crippen LogP contribution in [0.5, 0.6) is 0 Å². The number of hydrogen-bond acceptors (Lipinski definition) is 2. The molecule has 0 bridgehead atoms. The number of para-hydroxylation sites is 1. The lowest BCUT2D eigenvalue weighted by atomic mass is 9.98. The van der Waals surface area contributed by atoms with E-state index in [1.165, 1.54) is 10.6 Å². The number of allylic oxidation sites excluding steroid dienone is 1. The summed E-state index contributed by atoms with van der Waals surface area (Å²) >= 11 is 0. The minimum Gasteiger partial charge on any atom is -0.288 e. The molecular formula is C11H13NO. The maximum absolute atomic E-state index is 9.56. The van der Waals surface area contributed by atoms with E-state index in [-0.39, 0.29) is 0 Å². The predicted octanol–water partition coefficient (Wildman–Crippen LogP) is 2.69. The Bertz CT molecular complexity index is 344. The van der Waals surface area contributed by atoms with Crippen LogP contribution in [-0.4, -0.2) is 11.8 Å². The van der Waals surface area contributed by atoms with Gasteiger partial charge in [0.15, 0.2) is 0 Å². The number of rotatable bonds is 1. The van der Waals surface area contributed by atoms with Gasteiger partial charge in [0.25, 0.3) is 0 Å². The Kier molecular flexibility index (Phi) is 2.07. The van der Waals surface area contributed by atoms with Gasteiger partial charge in [-0.05, 0) is 18.1 Å². The van der Waals surface area contributed by atoms with Crippen molar-refractivity contribution >= 4 is 11.3 Å². The molecule has 0 unspecified atom stereocenters. The lowest BCUT2D eigenvalue weighted by molar-refractivity contribution is 0.265. The van der Waals surface area contributed by atoms with Crippen LogP contribution in [0.25, 0.3) is 5.57 Å². The van der Waals surface area contributed by atoms with Gasteiger partial charge >= 0.3 is 0 Å². The molecule has 0 amide bonds. The summed E-state index contributed by atoms with van der Waals surface area (Å²) in [6, 6.07) is 7.94. The van der Waals surface area contributed by atoms with Crippen molar-refractivity contribution in [3.05, 3.63) is 35.9 Å². The van der Waals surface area contributed by atoms with Crippen LogP contribution in [0, 0.1) is 0 Å². The van der Waals surface area contributed by atoms with Crippen LogP contribution in [0.4, 0.5) is 5.69 Å². The molecule has 0 saturated heterocycles. The zero-order chi connectivity index (χ0) is 9.26. The molecular weight excluding hydrogens is 162 g/mol. The van der Waals surface area contributed by atoms with Gasteiger partial charge in [-0.1, -0.05) is 31.2 Å². The van der Waals surface area contributed by atoms with Gasteiger partial charge in [-0.25, -0.2) is 0 Å². The van der Waals surface area contributed by atoms with E-state index in [0.29, 0.717) is 6.54 Å². The summed E-state index contributed by atoms with van der Waals surface area (Å²) in [6.07, 6.45) is 3.09. The molecule has 0 aliphatic carbocycles. The smallest absolute Gasteiger partial charge is 0.0712 e. The van der Waals surface area contributed by atoms with Crippen LogP contribution < -0.4 is 5.06 Å². The van der Waals surface area contributed by atoms with E-state index in [0.717, 1.165) is 17.7 Å². The fourth-order valence-corrected chi connectivity index (χ4v) is 1.71.